The van der Waals surface area contributed by atoms with Gasteiger partial charge < -0.3 is 10.2 Å². The van der Waals surface area contributed by atoms with E-state index in [9.17, 15) is 27.6 Å². The van der Waals surface area contributed by atoms with Gasteiger partial charge in [0.1, 0.15) is 0 Å². The van der Waals surface area contributed by atoms with Gasteiger partial charge in [-0.05, 0) is 42.5 Å². The van der Waals surface area contributed by atoms with Crippen LogP contribution in [-0.4, -0.2) is 53.8 Å². The highest BCUT2D eigenvalue weighted by Crippen LogP contribution is 2.28. The molecule has 10 heteroatoms. The fraction of sp³-hybridized carbons (Fsp3) is 0.111. The quantitative estimate of drug-likeness (QED) is 0.686. The molecule has 0 radical (unpaired) electrons. The van der Waals surface area contributed by atoms with Crippen LogP contribution >= 0.6 is 0 Å². The molecule has 1 aliphatic rings. The molecule has 0 spiro atoms. The van der Waals surface area contributed by atoms with Crippen LogP contribution in [0.25, 0.3) is 0 Å². The van der Waals surface area contributed by atoms with Crippen molar-refractivity contribution in [3.8, 4) is 0 Å². The number of hydrogen-bond acceptors (Lipinski definition) is 6. The summed E-state index contributed by atoms with van der Waals surface area (Å²) in [5.74, 6) is -3.83. The molecule has 0 aromatic heterocycles. The van der Waals surface area contributed by atoms with E-state index < -0.39 is 40.0 Å². The van der Waals surface area contributed by atoms with Crippen LogP contribution in [0.5, 0.6) is 0 Å². The van der Waals surface area contributed by atoms with Gasteiger partial charge in [-0.15, -0.1) is 0 Å². The Hall–Kier alpha value is -3.53. The molecular weight excluding hydrogens is 390 g/mol. The lowest BCUT2D eigenvalue weighted by molar-refractivity contribution is -0.137. The van der Waals surface area contributed by atoms with E-state index in [1.54, 1.807) is 0 Å². The van der Waals surface area contributed by atoms with E-state index in [0.29, 0.717) is 0 Å². The normalized spacial score (nSPS) is 13.5. The third-order valence-electron chi connectivity index (χ3n) is 4.21. The van der Waals surface area contributed by atoms with Gasteiger partial charge >= 0.3 is 11.9 Å². The molecule has 3 rings (SSSR count). The molecule has 144 valence electrons. The summed E-state index contributed by atoms with van der Waals surface area (Å²) in [5, 5.41) is 17.6. The van der Waals surface area contributed by atoms with Crippen LogP contribution in [0.3, 0.4) is 0 Å². The van der Waals surface area contributed by atoms with Gasteiger partial charge in [0.05, 0.1) is 32.9 Å². The highest BCUT2D eigenvalue weighted by molar-refractivity contribution is 7.91. The van der Waals surface area contributed by atoms with E-state index in [1.165, 1.54) is 12.1 Å². The maximum absolute atomic E-state index is 12.8. The second-order valence-corrected chi connectivity index (χ2v) is 7.90. The number of hydrogen-bond donors (Lipinski definition) is 2. The van der Waals surface area contributed by atoms with Crippen molar-refractivity contribution in [1.82, 2.24) is 4.90 Å². The zero-order chi connectivity index (χ0) is 20.6. The number of imide groups is 1. The number of fused-ring (bicyclic) bond motifs is 1. The minimum Gasteiger partial charge on any atom is -0.481 e. The number of nitrogens with zero attached hydrogens (tertiary/aromatic N) is 1. The second kappa shape index (κ2) is 6.89. The van der Waals surface area contributed by atoms with E-state index in [0.717, 1.165) is 35.2 Å². The van der Waals surface area contributed by atoms with E-state index in [-0.39, 0.29) is 33.0 Å². The van der Waals surface area contributed by atoms with Gasteiger partial charge in [0, 0.05) is 6.54 Å². The molecule has 0 saturated heterocycles. The van der Waals surface area contributed by atoms with Gasteiger partial charge in [-0.3, -0.25) is 19.3 Å². The number of amides is 2. The molecular formula is C18H13NO8S. The number of rotatable bonds is 6. The third-order valence-corrected chi connectivity index (χ3v) is 5.98. The predicted octanol–water partition coefficient (Wildman–Crippen LogP) is 1.29. The van der Waals surface area contributed by atoms with E-state index >= 15 is 0 Å². The molecule has 2 amide bonds. The van der Waals surface area contributed by atoms with Gasteiger partial charge in [0.25, 0.3) is 11.8 Å². The lowest BCUT2D eigenvalue weighted by Gasteiger charge is -2.11. The van der Waals surface area contributed by atoms with Crippen LogP contribution < -0.4 is 0 Å². The average molecular weight is 403 g/mol. The number of carboxylic acid groups (broad SMARTS) is 2. The Morgan fingerprint density at radius 3 is 2.00 bits per heavy atom. The average Bonchev–Trinajstić information content (AvgIpc) is 2.90. The van der Waals surface area contributed by atoms with Crippen molar-refractivity contribution >= 4 is 33.6 Å². The SMILES string of the molecule is O=C(O)CCN1C(=O)c2ccc(S(=O)(=O)c3ccc(C(=O)O)cc3)cc2C1=O. The first kappa shape index (κ1) is 19.2. The maximum atomic E-state index is 12.8. The van der Waals surface area contributed by atoms with Gasteiger partial charge in [-0.25, -0.2) is 13.2 Å². The molecule has 1 heterocycles. The lowest BCUT2D eigenvalue weighted by atomic mass is 10.1. The number of sulfone groups is 1. The monoisotopic (exact) mass is 403 g/mol. The lowest BCUT2D eigenvalue weighted by Crippen LogP contribution is -2.31. The third kappa shape index (κ3) is 3.25. The number of carbonyl (C=O) groups is 4. The van der Waals surface area contributed by atoms with Crippen LogP contribution in [0.2, 0.25) is 0 Å². The Morgan fingerprint density at radius 1 is 0.857 bits per heavy atom. The summed E-state index contributed by atoms with van der Waals surface area (Å²) in [5.41, 5.74) is -0.211. The second-order valence-electron chi connectivity index (χ2n) is 5.95. The predicted molar refractivity (Wildman–Crippen MR) is 92.9 cm³/mol. The van der Waals surface area contributed by atoms with Crippen LogP contribution in [0.1, 0.15) is 37.5 Å². The van der Waals surface area contributed by atoms with Gasteiger partial charge in [0.15, 0.2) is 0 Å². The van der Waals surface area contributed by atoms with Crippen LogP contribution in [0, 0.1) is 0 Å². The standard InChI is InChI=1S/C18H13NO8S/c20-15(21)7-8-19-16(22)13-6-5-12(9-14(13)17(19)23)28(26,27)11-3-1-10(2-4-11)18(24)25/h1-6,9H,7-8H2,(H,20,21)(H,24,25). The summed E-state index contributed by atoms with van der Waals surface area (Å²) in [4.78, 5) is 46.6. The first-order chi connectivity index (χ1) is 13.1. The zero-order valence-corrected chi connectivity index (χ0v) is 15.0. The Labute approximate surface area is 158 Å². The molecule has 0 unspecified atom stereocenters. The number of carbonyl (C=O) groups excluding carboxylic acids is 2. The Bertz CT molecular complexity index is 1120. The first-order valence-corrected chi connectivity index (χ1v) is 9.41. The van der Waals surface area contributed by atoms with Crippen molar-refractivity contribution < 1.29 is 37.8 Å². The minimum absolute atomic E-state index is 0.00411. The Balaban J connectivity index is 1.96. The van der Waals surface area contributed by atoms with Crippen molar-refractivity contribution in [2.45, 2.75) is 16.2 Å². The number of benzene rings is 2. The minimum atomic E-state index is -4.06. The highest BCUT2D eigenvalue weighted by Gasteiger charge is 2.36. The van der Waals surface area contributed by atoms with E-state index in [4.69, 9.17) is 10.2 Å². The van der Waals surface area contributed by atoms with Gasteiger partial charge in [-0.1, -0.05) is 0 Å². The maximum Gasteiger partial charge on any atom is 0.335 e. The van der Waals surface area contributed by atoms with Crippen LogP contribution in [-0.2, 0) is 14.6 Å². The molecule has 9 nitrogen and oxygen atoms in total. The molecule has 2 aromatic rings. The van der Waals surface area contributed by atoms with Crippen molar-refractivity contribution in [1.29, 1.82) is 0 Å². The molecule has 2 N–H and O–H groups in total. The number of carboxylic acids is 2. The molecule has 28 heavy (non-hydrogen) atoms. The fourth-order valence-corrected chi connectivity index (χ4v) is 4.05. The van der Waals surface area contributed by atoms with Gasteiger partial charge in [-0.2, -0.15) is 0 Å². The molecule has 0 fully saturated rings. The van der Waals surface area contributed by atoms with Crippen molar-refractivity contribution in [2.24, 2.45) is 0 Å². The van der Waals surface area contributed by atoms with Crippen LogP contribution in [0.4, 0.5) is 0 Å². The Kier molecular flexibility index (Phi) is 4.73. The summed E-state index contributed by atoms with van der Waals surface area (Å²) in [6, 6.07) is 8.00. The molecule has 0 bridgehead atoms. The topological polar surface area (TPSA) is 146 Å². The zero-order valence-electron chi connectivity index (χ0n) is 14.2. The summed E-state index contributed by atoms with van der Waals surface area (Å²) in [7, 11) is -4.06. The highest BCUT2D eigenvalue weighted by atomic mass is 32.2. The fourth-order valence-electron chi connectivity index (χ4n) is 2.76. The van der Waals surface area contributed by atoms with E-state index in [1.807, 2.05) is 0 Å². The number of aromatic carboxylic acids is 1. The molecule has 1 aliphatic heterocycles. The van der Waals surface area contributed by atoms with Crippen molar-refractivity contribution in [3.63, 3.8) is 0 Å². The summed E-state index contributed by atoms with van der Waals surface area (Å²) in [6.45, 7) is -0.319. The smallest absolute Gasteiger partial charge is 0.335 e. The number of aliphatic carboxylic acids is 1. The van der Waals surface area contributed by atoms with Crippen molar-refractivity contribution in [2.75, 3.05) is 6.54 Å². The largest absolute Gasteiger partial charge is 0.481 e. The molecule has 0 saturated carbocycles. The van der Waals surface area contributed by atoms with Crippen molar-refractivity contribution in [3.05, 3.63) is 59.2 Å². The molecule has 0 aliphatic carbocycles. The molecule has 0 atom stereocenters. The summed E-state index contributed by atoms with van der Waals surface area (Å²) < 4.78 is 25.5. The van der Waals surface area contributed by atoms with Gasteiger partial charge in [0.2, 0.25) is 9.84 Å². The van der Waals surface area contributed by atoms with E-state index in [2.05, 4.69) is 0 Å². The first-order valence-electron chi connectivity index (χ1n) is 7.93. The summed E-state index contributed by atoms with van der Waals surface area (Å²) >= 11 is 0. The van der Waals surface area contributed by atoms with Crippen LogP contribution in [0.15, 0.2) is 52.3 Å². The molecule has 2 aromatic carbocycles. The summed E-state index contributed by atoms with van der Waals surface area (Å²) in [6.07, 6.45) is -0.424. The Morgan fingerprint density at radius 2 is 1.43 bits per heavy atom.